The Morgan fingerprint density at radius 1 is 0.861 bits per heavy atom. The Hall–Kier alpha value is -3.12. The van der Waals surface area contributed by atoms with Crippen molar-refractivity contribution in [2.24, 2.45) is 0 Å². The summed E-state index contributed by atoms with van der Waals surface area (Å²) in [4.78, 5) is 0. The third-order valence-corrected chi connectivity index (χ3v) is 8.27. The molecule has 182 valence electrons. The van der Waals surface area contributed by atoms with Crippen LogP contribution in [0.4, 0.5) is 0 Å². The van der Waals surface area contributed by atoms with Gasteiger partial charge in [0.05, 0.1) is 4.11 Å². The summed E-state index contributed by atoms with van der Waals surface area (Å²) in [5, 5.41) is 0. The van der Waals surface area contributed by atoms with Gasteiger partial charge in [0, 0.05) is 5.92 Å². The second-order valence-electron chi connectivity index (χ2n) is 12.0. The second kappa shape index (κ2) is 8.77. The summed E-state index contributed by atoms with van der Waals surface area (Å²) in [6.07, 6.45) is 4.61. The van der Waals surface area contributed by atoms with Gasteiger partial charge in [-0.3, -0.25) is 0 Å². The lowest BCUT2D eigenvalue weighted by atomic mass is 9.81. The molecule has 4 aromatic rings. The summed E-state index contributed by atoms with van der Waals surface area (Å²) in [7, 11) is 0. The highest BCUT2D eigenvalue weighted by Gasteiger charge is 2.31. The molecular weight excluding hydrogens is 432 g/mol. The molecule has 2 atom stereocenters. The maximum absolute atomic E-state index is 9.02. The van der Waals surface area contributed by atoms with Gasteiger partial charge in [-0.15, -0.1) is 0 Å². The number of rotatable bonds is 3. The van der Waals surface area contributed by atoms with Gasteiger partial charge in [-0.1, -0.05) is 112 Å². The monoisotopic (exact) mass is 473 g/mol. The minimum atomic E-state index is -0.151. The number of fused-ring (bicyclic) bond motifs is 4. The van der Waals surface area contributed by atoms with Crippen LogP contribution in [0.5, 0.6) is 0 Å². The Morgan fingerprint density at radius 2 is 1.64 bits per heavy atom. The van der Waals surface area contributed by atoms with E-state index < -0.39 is 0 Å². The molecule has 2 aliphatic rings. The molecule has 0 spiro atoms. The maximum atomic E-state index is 9.02. The van der Waals surface area contributed by atoms with Crippen molar-refractivity contribution in [3.05, 3.63) is 129 Å². The molecule has 36 heavy (non-hydrogen) atoms. The van der Waals surface area contributed by atoms with Gasteiger partial charge < -0.3 is 0 Å². The summed E-state index contributed by atoms with van der Waals surface area (Å²) in [5.74, 6) is 0.470. The minimum Gasteiger partial charge on any atom is -0.0617 e. The summed E-state index contributed by atoms with van der Waals surface area (Å²) >= 11 is 0. The number of benzene rings is 4. The van der Waals surface area contributed by atoms with Crippen molar-refractivity contribution in [3.8, 4) is 11.1 Å². The Labute approximate surface area is 221 Å². The summed E-state index contributed by atoms with van der Waals surface area (Å²) < 4.78 is 26.6. The molecular formula is C36H38. The predicted octanol–water partition coefficient (Wildman–Crippen LogP) is 9.48. The zero-order valence-corrected chi connectivity index (χ0v) is 22.3. The first-order valence-electron chi connectivity index (χ1n) is 15.0. The van der Waals surface area contributed by atoms with E-state index in [1.54, 1.807) is 0 Å². The maximum Gasteiger partial charge on any atom is 0.0632 e. The molecule has 0 heterocycles. The van der Waals surface area contributed by atoms with E-state index in [0.717, 1.165) is 34.2 Å². The van der Waals surface area contributed by atoms with E-state index in [1.807, 2.05) is 6.92 Å². The summed E-state index contributed by atoms with van der Waals surface area (Å²) in [6.45, 7) is 10.8. The second-order valence-corrected chi connectivity index (χ2v) is 12.0. The van der Waals surface area contributed by atoms with E-state index in [2.05, 4.69) is 88.4 Å². The van der Waals surface area contributed by atoms with E-state index in [4.69, 9.17) is 4.11 Å². The van der Waals surface area contributed by atoms with E-state index in [-0.39, 0.29) is 23.4 Å². The van der Waals surface area contributed by atoms with Crippen molar-refractivity contribution in [1.29, 1.82) is 0 Å². The summed E-state index contributed by atoms with van der Waals surface area (Å²) in [5.41, 5.74) is 12.5. The smallest absolute Gasteiger partial charge is 0.0617 e. The topological polar surface area (TPSA) is 0 Å². The molecule has 0 radical (unpaired) electrons. The minimum absolute atomic E-state index is 0.00391. The molecule has 2 unspecified atom stereocenters. The van der Waals surface area contributed by atoms with Crippen LogP contribution >= 0.6 is 0 Å². The molecule has 0 nitrogen and oxygen atoms in total. The van der Waals surface area contributed by atoms with E-state index >= 15 is 0 Å². The molecule has 0 bridgehead atoms. The predicted molar refractivity (Wildman–Crippen MR) is 153 cm³/mol. The summed E-state index contributed by atoms with van der Waals surface area (Å²) in [6, 6.07) is 23.3. The van der Waals surface area contributed by atoms with Crippen LogP contribution < -0.4 is 0 Å². The lowest BCUT2D eigenvalue weighted by molar-refractivity contribution is 0.589. The third kappa shape index (κ3) is 4.11. The number of aryl methyl sites for hydroxylation is 1. The van der Waals surface area contributed by atoms with Crippen molar-refractivity contribution in [1.82, 2.24) is 0 Å². The zero-order chi connectivity index (χ0) is 27.6. The first-order valence-corrected chi connectivity index (χ1v) is 13.5. The first kappa shape index (κ1) is 20.0. The first-order chi connectivity index (χ1) is 18.5. The fourth-order valence-corrected chi connectivity index (χ4v) is 6.24. The van der Waals surface area contributed by atoms with E-state index in [1.165, 1.54) is 47.1 Å². The molecule has 4 aromatic carbocycles. The van der Waals surface area contributed by atoms with Gasteiger partial charge in [-0.2, -0.15) is 0 Å². The number of hydrogen-bond donors (Lipinski definition) is 0. The Morgan fingerprint density at radius 3 is 2.44 bits per heavy atom. The van der Waals surface area contributed by atoms with Crippen LogP contribution in [0.2, 0.25) is 0 Å². The zero-order valence-electron chi connectivity index (χ0n) is 25.3. The normalized spacial score (nSPS) is 19.6. The molecule has 2 aliphatic carbocycles. The third-order valence-electron chi connectivity index (χ3n) is 8.27. The molecule has 0 saturated heterocycles. The van der Waals surface area contributed by atoms with Crippen LogP contribution in [0.1, 0.15) is 107 Å². The number of hydrogen-bond acceptors (Lipinski definition) is 0. The van der Waals surface area contributed by atoms with Crippen LogP contribution in [0, 0.1) is 6.92 Å². The highest BCUT2D eigenvalue weighted by molar-refractivity contribution is 5.81. The lowest BCUT2D eigenvalue weighted by Gasteiger charge is -2.23. The Bertz CT molecular complexity index is 1610. The van der Waals surface area contributed by atoms with Gasteiger partial charge in [-0.05, 0) is 99.6 Å². The Kier molecular flexibility index (Phi) is 4.87. The quantitative estimate of drug-likeness (QED) is 0.245. The average Bonchev–Trinajstić information content (AvgIpc) is 3.25. The molecule has 0 aliphatic heterocycles. The molecule has 0 aromatic heterocycles. The Balaban J connectivity index is 1.50. The molecule has 6 rings (SSSR count). The van der Waals surface area contributed by atoms with Crippen molar-refractivity contribution in [3.63, 3.8) is 0 Å². The van der Waals surface area contributed by atoms with Crippen LogP contribution in [-0.2, 0) is 18.3 Å². The van der Waals surface area contributed by atoms with Crippen molar-refractivity contribution >= 4 is 0 Å². The van der Waals surface area contributed by atoms with Crippen molar-refractivity contribution in [2.45, 2.75) is 77.6 Å². The van der Waals surface area contributed by atoms with Gasteiger partial charge in [0.2, 0.25) is 0 Å². The largest absolute Gasteiger partial charge is 0.0632 e. The van der Waals surface area contributed by atoms with Gasteiger partial charge in [0.1, 0.15) is 0 Å². The molecule has 0 fully saturated rings. The van der Waals surface area contributed by atoms with Gasteiger partial charge in [0.15, 0.2) is 0 Å². The van der Waals surface area contributed by atoms with Crippen LogP contribution in [0.25, 0.3) is 11.1 Å². The standard InChI is InChI=1S/C36H38/c1-23-12-16-31-33(18-23)30-17-14-26(19-25-13-15-27-9-6-8-24(2)32(27)20-25)21-34(30)35(31)28-10-7-11-29(22-28)36(3,4)5/h7,10-18,20-22,24,35H,6,8-9,19H2,1-5H3/i12D,16D,18D. The van der Waals surface area contributed by atoms with Crippen LogP contribution in [0.15, 0.2) is 78.8 Å². The highest BCUT2D eigenvalue weighted by atomic mass is 14.3. The highest BCUT2D eigenvalue weighted by Crippen LogP contribution is 2.49. The SMILES string of the molecule is [2H]c1c([2H])c2c(c([2H])c1C)-c1ccc(Cc3ccc4c(c3)C(C)CCC4)cc1C2c1cccc(C(C)(C)C)c1. The van der Waals surface area contributed by atoms with Crippen molar-refractivity contribution < 1.29 is 4.11 Å². The fourth-order valence-electron chi connectivity index (χ4n) is 6.24. The van der Waals surface area contributed by atoms with Gasteiger partial charge in [-0.25, -0.2) is 0 Å². The molecule has 0 amide bonds. The van der Waals surface area contributed by atoms with E-state index in [9.17, 15) is 0 Å². The van der Waals surface area contributed by atoms with Crippen molar-refractivity contribution in [2.75, 3.05) is 0 Å². The average molecular weight is 474 g/mol. The van der Waals surface area contributed by atoms with Crippen LogP contribution in [0.3, 0.4) is 0 Å². The molecule has 0 N–H and O–H groups in total. The van der Waals surface area contributed by atoms with Gasteiger partial charge in [0.25, 0.3) is 0 Å². The fraction of sp³-hybridized carbons (Fsp3) is 0.333. The molecule has 0 heteroatoms. The molecule has 0 saturated carbocycles. The lowest BCUT2D eigenvalue weighted by Crippen LogP contribution is -2.12. The van der Waals surface area contributed by atoms with Gasteiger partial charge >= 0.3 is 0 Å². The van der Waals surface area contributed by atoms with E-state index in [0.29, 0.717) is 17.5 Å². The van der Waals surface area contributed by atoms with Crippen LogP contribution in [-0.4, -0.2) is 0 Å².